The van der Waals surface area contributed by atoms with Crippen molar-refractivity contribution in [2.75, 3.05) is 37.9 Å². The summed E-state index contributed by atoms with van der Waals surface area (Å²) in [4.78, 5) is 25.7. The van der Waals surface area contributed by atoms with Gasteiger partial charge in [-0.25, -0.2) is 0 Å². The molecule has 1 heterocycles. The lowest BCUT2D eigenvalue weighted by atomic mass is 10.2. The Morgan fingerprint density at radius 3 is 2.14 bits per heavy atom. The lowest BCUT2D eigenvalue weighted by Crippen LogP contribution is -2.36. The van der Waals surface area contributed by atoms with Crippen molar-refractivity contribution in [1.29, 1.82) is 0 Å². The number of hydrogen-bond acceptors (Lipinski definition) is 6. The summed E-state index contributed by atoms with van der Waals surface area (Å²) in [5.41, 5.74) is 0.872. The summed E-state index contributed by atoms with van der Waals surface area (Å²) >= 11 is 0. The second-order valence-electron chi connectivity index (χ2n) is 6.33. The van der Waals surface area contributed by atoms with Gasteiger partial charge in [0, 0.05) is 17.4 Å². The maximum atomic E-state index is 13.0. The molecule has 154 valence electrons. The predicted octanol–water partition coefficient (Wildman–Crippen LogP) is 2.53. The fourth-order valence-corrected chi connectivity index (χ4v) is 2.65. The molecule has 1 aliphatic rings. The van der Waals surface area contributed by atoms with E-state index in [1.54, 1.807) is 38.4 Å². The normalized spacial score (nSPS) is 13.8. The van der Waals surface area contributed by atoms with Crippen LogP contribution in [0.15, 0.2) is 42.5 Å². The highest BCUT2D eigenvalue weighted by molar-refractivity contribution is 5.94. The van der Waals surface area contributed by atoms with Gasteiger partial charge in [-0.3, -0.25) is 14.5 Å². The molecule has 0 fully saturated rings. The summed E-state index contributed by atoms with van der Waals surface area (Å²) in [7, 11) is 3.15. The molecule has 10 heteroatoms. The van der Waals surface area contributed by atoms with Gasteiger partial charge in [0.1, 0.15) is 5.75 Å². The highest BCUT2D eigenvalue weighted by atomic mass is 19.3. The van der Waals surface area contributed by atoms with Crippen LogP contribution in [0.1, 0.15) is 0 Å². The summed E-state index contributed by atoms with van der Waals surface area (Å²) in [6, 6.07) is 10.8. The Bertz CT molecular complexity index is 905. The zero-order valence-corrected chi connectivity index (χ0v) is 15.7. The molecule has 0 aliphatic carbocycles. The molecule has 2 aromatic rings. The van der Waals surface area contributed by atoms with Crippen LogP contribution in [0.3, 0.4) is 0 Å². The average Bonchev–Trinajstić information content (AvgIpc) is 2.95. The number of carbonyl (C=O) groups is 2. The van der Waals surface area contributed by atoms with Gasteiger partial charge in [-0.2, -0.15) is 0 Å². The van der Waals surface area contributed by atoms with Crippen LogP contribution in [0.25, 0.3) is 0 Å². The molecular weight excluding hydrogens is 388 g/mol. The zero-order chi connectivity index (χ0) is 21.0. The minimum absolute atomic E-state index is 0.0210. The van der Waals surface area contributed by atoms with Crippen LogP contribution in [0.5, 0.6) is 17.2 Å². The number of alkyl halides is 2. The third-order valence-corrected chi connectivity index (χ3v) is 3.89. The van der Waals surface area contributed by atoms with Gasteiger partial charge in [-0.1, -0.05) is 0 Å². The molecular formula is C19H19F2N3O5. The number of ether oxygens (including phenoxy) is 3. The highest BCUT2D eigenvalue weighted by Crippen LogP contribution is 2.42. The number of nitrogens with one attached hydrogen (secondary N) is 2. The van der Waals surface area contributed by atoms with Crippen LogP contribution in [0, 0.1) is 0 Å². The van der Waals surface area contributed by atoms with E-state index in [9.17, 15) is 18.4 Å². The molecule has 2 N–H and O–H groups in total. The van der Waals surface area contributed by atoms with E-state index in [2.05, 4.69) is 20.1 Å². The number of amides is 2. The number of anilines is 2. The first-order valence-electron chi connectivity index (χ1n) is 8.56. The number of hydrogen-bond donors (Lipinski definition) is 2. The Labute approximate surface area is 165 Å². The molecule has 8 nitrogen and oxygen atoms in total. The first kappa shape index (κ1) is 20.3. The molecule has 0 radical (unpaired) electrons. The number of methoxy groups -OCH3 is 1. The standard InChI is InChI=1S/C19H19F2N3O5/c1-24(10-17(25)22-12-3-6-14(27-2)7-4-12)11-18(26)23-13-5-8-15-16(9-13)29-19(20,21)28-15/h3-9H,10-11H2,1-2H3,(H,22,25)(H,23,26). The molecule has 0 spiro atoms. The van der Waals surface area contributed by atoms with Crippen molar-refractivity contribution in [3.05, 3.63) is 42.5 Å². The van der Waals surface area contributed by atoms with Crippen molar-refractivity contribution in [2.24, 2.45) is 0 Å². The highest BCUT2D eigenvalue weighted by Gasteiger charge is 2.43. The van der Waals surface area contributed by atoms with Gasteiger partial charge in [0.25, 0.3) is 0 Å². The fourth-order valence-electron chi connectivity index (χ4n) is 2.65. The average molecular weight is 407 g/mol. The maximum absolute atomic E-state index is 13.0. The summed E-state index contributed by atoms with van der Waals surface area (Å²) < 4.78 is 39.8. The van der Waals surface area contributed by atoms with E-state index in [1.165, 1.54) is 23.1 Å². The SMILES string of the molecule is COc1ccc(NC(=O)CN(C)CC(=O)Nc2ccc3c(c2)OC(F)(F)O3)cc1. The van der Waals surface area contributed by atoms with E-state index >= 15 is 0 Å². The van der Waals surface area contributed by atoms with Crippen molar-refractivity contribution < 1.29 is 32.6 Å². The van der Waals surface area contributed by atoms with Crippen LogP contribution < -0.4 is 24.8 Å². The molecule has 0 bridgehead atoms. The summed E-state index contributed by atoms with van der Waals surface area (Å²) in [6.45, 7) is -0.104. The maximum Gasteiger partial charge on any atom is 0.586 e. The molecule has 3 rings (SSSR count). The second-order valence-corrected chi connectivity index (χ2v) is 6.33. The Morgan fingerprint density at radius 2 is 1.52 bits per heavy atom. The Kier molecular flexibility index (Phi) is 5.83. The zero-order valence-electron chi connectivity index (χ0n) is 15.7. The molecule has 1 aliphatic heterocycles. The van der Waals surface area contributed by atoms with E-state index in [-0.39, 0.29) is 36.2 Å². The number of halogens is 2. The minimum Gasteiger partial charge on any atom is -0.497 e. The molecule has 2 aromatic carbocycles. The molecule has 0 saturated carbocycles. The van der Waals surface area contributed by atoms with Crippen molar-refractivity contribution in [1.82, 2.24) is 4.90 Å². The van der Waals surface area contributed by atoms with Gasteiger partial charge in [0.05, 0.1) is 20.2 Å². The number of nitrogens with zero attached hydrogens (tertiary/aromatic N) is 1. The fraction of sp³-hybridized carbons (Fsp3) is 0.263. The Hall–Kier alpha value is -3.40. The minimum atomic E-state index is -3.72. The lowest BCUT2D eigenvalue weighted by Gasteiger charge is -2.16. The quantitative estimate of drug-likeness (QED) is 0.733. The number of fused-ring (bicyclic) bond motifs is 1. The first-order valence-corrected chi connectivity index (χ1v) is 8.56. The largest absolute Gasteiger partial charge is 0.586 e. The monoisotopic (exact) mass is 407 g/mol. The topological polar surface area (TPSA) is 89.1 Å². The van der Waals surface area contributed by atoms with E-state index in [1.807, 2.05) is 0 Å². The van der Waals surface area contributed by atoms with Gasteiger partial charge >= 0.3 is 6.29 Å². The van der Waals surface area contributed by atoms with Gasteiger partial charge in [-0.15, -0.1) is 8.78 Å². The number of carbonyl (C=O) groups excluding carboxylic acids is 2. The van der Waals surface area contributed by atoms with Gasteiger partial charge in [0.15, 0.2) is 11.5 Å². The van der Waals surface area contributed by atoms with Crippen LogP contribution >= 0.6 is 0 Å². The molecule has 0 atom stereocenters. The van der Waals surface area contributed by atoms with Gasteiger partial charge in [0.2, 0.25) is 11.8 Å². The first-order chi connectivity index (χ1) is 13.7. The lowest BCUT2D eigenvalue weighted by molar-refractivity contribution is -0.286. The molecule has 29 heavy (non-hydrogen) atoms. The Morgan fingerprint density at radius 1 is 0.966 bits per heavy atom. The molecule has 0 saturated heterocycles. The third-order valence-electron chi connectivity index (χ3n) is 3.89. The van der Waals surface area contributed by atoms with E-state index in [0.29, 0.717) is 11.4 Å². The van der Waals surface area contributed by atoms with Crippen LogP contribution in [0.2, 0.25) is 0 Å². The van der Waals surface area contributed by atoms with Crippen molar-refractivity contribution in [3.63, 3.8) is 0 Å². The smallest absolute Gasteiger partial charge is 0.497 e. The predicted molar refractivity (Wildman–Crippen MR) is 100 cm³/mol. The van der Waals surface area contributed by atoms with Crippen LogP contribution in [-0.4, -0.2) is 50.3 Å². The van der Waals surface area contributed by atoms with Crippen LogP contribution in [-0.2, 0) is 9.59 Å². The van der Waals surface area contributed by atoms with E-state index in [4.69, 9.17) is 4.74 Å². The van der Waals surface area contributed by atoms with Crippen molar-refractivity contribution >= 4 is 23.2 Å². The van der Waals surface area contributed by atoms with Gasteiger partial charge < -0.3 is 24.8 Å². The summed E-state index contributed by atoms with van der Waals surface area (Å²) in [5, 5.41) is 5.27. The Balaban J connectivity index is 1.47. The van der Waals surface area contributed by atoms with Crippen molar-refractivity contribution in [2.45, 2.75) is 6.29 Å². The molecule has 0 unspecified atom stereocenters. The third kappa shape index (κ3) is 5.55. The second kappa shape index (κ2) is 8.31. The number of rotatable bonds is 7. The van der Waals surface area contributed by atoms with Crippen molar-refractivity contribution in [3.8, 4) is 17.2 Å². The number of likely N-dealkylation sites (N-methyl/N-ethyl adjacent to an activating group) is 1. The van der Waals surface area contributed by atoms with E-state index in [0.717, 1.165) is 0 Å². The number of benzene rings is 2. The van der Waals surface area contributed by atoms with Gasteiger partial charge in [-0.05, 0) is 43.4 Å². The summed E-state index contributed by atoms with van der Waals surface area (Å²) in [5.74, 6) is -0.324. The molecule has 0 aromatic heterocycles. The molecule has 2 amide bonds. The summed E-state index contributed by atoms with van der Waals surface area (Å²) in [6.07, 6.45) is -3.72. The van der Waals surface area contributed by atoms with E-state index < -0.39 is 12.2 Å². The van der Waals surface area contributed by atoms with Crippen LogP contribution in [0.4, 0.5) is 20.2 Å².